The van der Waals surface area contributed by atoms with Crippen molar-refractivity contribution >= 4 is 18.9 Å². The fourth-order valence-corrected chi connectivity index (χ4v) is 3.44. The molecular weight excluding hydrogens is 417 g/mol. The molecule has 2 rings (SSSR count). The normalized spacial score (nSPS) is 12.8. The monoisotopic (exact) mass is 449 g/mol. The van der Waals surface area contributed by atoms with E-state index >= 15 is 0 Å². The van der Waals surface area contributed by atoms with Gasteiger partial charge in [-0.3, -0.25) is 9.59 Å². The summed E-state index contributed by atoms with van der Waals surface area (Å²) in [6.07, 6.45) is 1.22. The molecule has 1 unspecified atom stereocenters. The number of nitrogens with zero attached hydrogens (tertiary/aromatic N) is 1. The predicted octanol–water partition coefficient (Wildman–Crippen LogP) is 1.96. The van der Waals surface area contributed by atoms with Crippen LogP contribution in [0.4, 0.5) is 0 Å². The Balaban J connectivity index is 1.93. The molecule has 2 atom stereocenters. The molecule has 0 aliphatic rings. The van der Waals surface area contributed by atoms with Crippen molar-refractivity contribution in [2.45, 2.75) is 57.9 Å². The van der Waals surface area contributed by atoms with Crippen LogP contribution in [0.15, 0.2) is 54.6 Å². The number of nitriles is 1. The Morgan fingerprint density at radius 2 is 1.64 bits per heavy atom. The Labute approximate surface area is 196 Å². The van der Waals surface area contributed by atoms with Crippen molar-refractivity contribution in [2.24, 2.45) is 5.92 Å². The number of rotatable bonds is 10. The van der Waals surface area contributed by atoms with Gasteiger partial charge in [-0.15, -0.1) is 0 Å². The second-order valence-corrected chi connectivity index (χ2v) is 9.22. The molecule has 7 nitrogen and oxygen atoms in total. The number of aryl methyl sites for hydroxylation is 1. The third-order valence-electron chi connectivity index (χ3n) is 5.05. The van der Waals surface area contributed by atoms with Crippen LogP contribution in [0.2, 0.25) is 0 Å². The number of nitrogens with one attached hydrogen (secondary N) is 2. The Hall–Kier alpha value is -3.15. The van der Waals surface area contributed by atoms with Crippen LogP contribution in [0.3, 0.4) is 0 Å². The van der Waals surface area contributed by atoms with Gasteiger partial charge in [0, 0.05) is 12.0 Å². The zero-order valence-corrected chi connectivity index (χ0v) is 19.4. The molecule has 8 heteroatoms. The van der Waals surface area contributed by atoms with Crippen LogP contribution < -0.4 is 10.6 Å². The standard InChI is InChI=1S/C25H32BN3O4/c1-25(2,3)29-24(31)21(17-27)15-20-11-7-10-19(14-20)12-13-23(30)28-22(26(32)33)16-18-8-5-4-6-9-18/h4-11,14,21-22,32-33H,12-13,15-16H2,1-3H3,(H,28,30)(H,29,31)/t21?,22-/m0/s1. The summed E-state index contributed by atoms with van der Waals surface area (Å²) in [5, 5.41) is 34.3. The molecule has 0 aliphatic heterocycles. The maximum absolute atomic E-state index is 12.4. The van der Waals surface area contributed by atoms with E-state index in [0.717, 1.165) is 16.7 Å². The average Bonchev–Trinajstić information content (AvgIpc) is 2.75. The topological polar surface area (TPSA) is 122 Å². The van der Waals surface area contributed by atoms with Crippen LogP contribution in [0, 0.1) is 17.2 Å². The van der Waals surface area contributed by atoms with Crippen molar-refractivity contribution in [1.29, 1.82) is 5.26 Å². The van der Waals surface area contributed by atoms with Crippen LogP contribution in [0.5, 0.6) is 0 Å². The van der Waals surface area contributed by atoms with Crippen LogP contribution in [0.1, 0.15) is 43.9 Å². The SMILES string of the molecule is CC(C)(C)NC(=O)C(C#N)Cc1cccc(CCC(=O)N[C@@H](Cc2ccccc2)B(O)O)c1. The minimum Gasteiger partial charge on any atom is -0.426 e. The molecular formula is C25H32BN3O4. The minimum absolute atomic E-state index is 0.174. The van der Waals surface area contributed by atoms with E-state index in [2.05, 4.69) is 16.7 Å². The molecule has 33 heavy (non-hydrogen) atoms. The number of amides is 2. The second-order valence-electron chi connectivity index (χ2n) is 9.22. The van der Waals surface area contributed by atoms with E-state index in [4.69, 9.17) is 0 Å². The third-order valence-corrected chi connectivity index (χ3v) is 5.05. The summed E-state index contributed by atoms with van der Waals surface area (Å²) in [4.78, 5) is 24.8. The van der Waals surface area contributed by atoms with Crippen LogP contribution in [-0.2, 0) is 28.9 Å². The number of benzene rings is 2. The molecule has 0 aliphatic carbocycles. The first-order chi connectivity index (χ1) is 15.6. The number of hydrogen-bond acceptors (Lipinski definition) is 5. The molecule has 2 aromatic rings. The number of hydrogen-bond donors (Lipinski definition) is 4. The zero-order chi connectivity index (χ0) is 24.4. The molecule has 2 aromatic carbocycles. The van der Waals surface area contributed by atoms with Gasteiger partial charge in [0.25, 0.3) is 0 Å². The highest BCUT2D eigenvalue weighted by Gasteiger charge is 2.26. The molecule has 0 heterocycles. The Bertz CT molecular complexity index is 968. The molecule has 0 bridgehead atoms. The van der Waals surface area contributed by atoms with Gasteiger partial charge in [0.1, 0.15) is 5.92 Å². The summed E-state index contributed by atoms with van der Waals surface area (Å²) in [5.41, 5.74) is 2.23. The van der Waals surface area contributed by atoms with Crippen molar-refractivity contribution in [3.63, 3.8) is 0 Å². The molecule has 0 saturated carbocycles. The molecule has 0 radical (unpaired) electrons. The molecule has 0 saturated heterocycles. The Morgan fingerprint density at radius 3 is 2.24 bits per heavy atom. The average molecular weight is 449 g/mol. The van der Waals surface area contributed by atoms with Gasteiger partial charge >= 0.3 is 7.12 Å². The van der Waals surface area contributed by atoms with E-state index in [1.807, 2.05) is 75.4 Å². The highest BCUT2D eigenvalue weighted by Crippen LogP contribution is 2.14. The first-order valence-corrected chi connectivity index (χ1v) is 11.1. The molecule has 0 aromatic heterocycles. The molecule has 4 N–H and O–H groups in total. The van der Waals surface area contributed by atoms with Crippen molar-refractivity contribution in [3.05, 3.63) is 71.3 Å². The summed E-state index contributed by atoms with van der Waals surface area (Å²) in [6, 6.07) is 18.9. The van der Waals surface area contributed by atoms with E-state index < -0.39 is 24.5 Å². The lowest BCUT2D eigenvalue weighted by atomic mass is 9.76. The molecule has 174 valence electrons. The second kappa shape index (κ2) is 12.2. The number of carbonyl (C=O) groups is 2. The minimum atomic E-state index is -1.67. The van der Waals surface area contributed by atoms with E-state index in [0.29, 0.717) is 12.8 Å². The fraction of sp³-hybridized carbons (Fsp3) is 0.400. The zero-order valence-electron chi connectivity index (χ0n) is 19.4. The summed E-state index contributed by atoms with van der Waals surface area (Å²) in [7, 11) is -1.67. The van der Waals surface area contributed by atoms with Crippen LogP contribution in [0.25, 0.3) is 0 Å². The molecule has 2 amide bonds. The lowest BCUT2D eigenvalue weighted by Gasteiger charge is -2.22. The summed E-state index contributed by atoms with van der Waals surface area (Å²) in [5.74, 6) is -2.19. The summed E-state index contributed by atoms with van der Waals surface area (Å²) in [6.45, 7) is 5.60. The van der Waals surface area contributed by atoms with Crippen molar-refractivity contribution in [1.82, 2.24) is 10.6 Å². The first-order valence-electron chi connectivity index (χ1n) is 11.1. The van der Waals surface area contributed by atoms with E-state index in [1.54, 1.807) is 0 Å². The van der Waals surface area contributed by atoms with Crippen molar-refractivity contribution in [2.75, 3.05) is 0 Å². The van der Waals surface area contributed by atoms with Gasteiger partial charge in [0.2, 0.25) is 11.8 Å². The van der Waals surface area contributed by atoms with Gasteiger partial charge < -0.3 is 20.7 Å². The van der Waals surface area contributed by atoms with Gasteiger partial charge in [-0.25, -0.2) is 0 Å². The van der Waals surface area contributed by atoms with Crippen molar-refractivity contribution < 1.29 is 19.6 Å². The van der Waals surface area contributed by atoms with Gasteiger partial charge in [-0.1, -0.05) is 54.6 Å². The summed E-state index contributed by atoms with van der Waals surface area (Å²) < 4.78 is 0. The van der Waals surface area contributed by atoms with E-state index in [-0.39, 0.29) is 24.7 Å². The third kappa shape index (κ3) is 9.48. The maximum atomic E-state index is 12.4. The van der Waals surface area contributed by atoms with Crippen molar-refractivity contribution in [3.8, 4) is 6.07 Å². The van der Waals surface area contributed by atoms with E-state index in [9.17, 15) is 24.9 Å². The van der Waals surface area contributed by atoms with Gasteiger partial charge in [-0.2, -0.15) is 5.26 Å². The lowest BCUT2D eigenvalue weighted by Crippen LogP contribution is -2.47. The molecule has 0 fully saturated rings. The largest absolute Gasteiger partial charge is 0.475 e. The fourth-order valence-electron chi connectivity index (χ4n) is 3.44. The van der Waals surface area contributed by atoms with Gasteiger partial charge in [0.15, 0.2) is 0 Å². The first kappa shape index (κ1) is 26.1. The Kier molecular flexibility index (Phi) is 9.65. The Morgan fingerprint density at radius 1 is 1.00 bits per heavy atom. The predicted molar refractivity (Wildman–Crippen MR) is 128 cm³/mol. The smallest absolute Gasteiger partial charge is 0.426 e. The summed E-state index contributed by atoms with van der Waals surface area (Å²) >= 11 is 0. The quantitative estimate of drug-likeness (QED) is 0.413. The number of carbonyl (C=O) groups excluding carboxylic acids is 2. The lowest BCUT2D eigenvalue weighted by molar-refractivity contribution is -0.125. The van der Waals surface area contributed by atoms with Gasteiger partial charge in [0.05, 0.1) is 12.0 Å². The molecule has 0 spiro atoms. The highest BCUT2D eigenvalue weighted by molar-refractivity contribution is 6.43. The highest BCUT2D eigenvalue weighted by atomic mass is 16.4. The van der Waals surface area contributed by atoms with Crippen LogP contribution in [-0.4, -0.2) is 40.5 Å². The maximum Gasteiger partial charge on any atom is 0.475 e. The van der Waals surface area contributed by atoms with E-state index in [1.165, 1.54) is 0 Å². The van der Waals surface area contributed by atoms with Gasteiger partial charge in [-0.05, 0) is 56.7 Å². The van der Waals surface area contributed by atoms with Crippen LogP contribution >= 0.6 is 0 Å².